The number of nitro groups is 1. The lowest BCUT2D eigenvalue weighted by atomic mass is 9.55. The molecule has 0 bridgehead atoms. The molecule has 3 heteroatoms. The van der Waals surface area contributed by atoms with Gasteiger partial charge in [-0.1, -0.05) is 76.2 Å². The van der Waals surface area contributed by atoms with Gasteiger partial charge in [0.25, 0.3) is 5.69 Å². The lowest BCUT2D eigenvalue weighted by Gasteiger charge is -2.48. The molecule has 27 heavy (non-hydrogen) atoms. The van der Waals surface area contributed by atoms with Crippen LogP contribution in [0.3, 0.4) is 0 Å². The Kier molecular flexibility index (Phi) is 3.74. The van der Waals surface area contributed by atoms with Crippen molar-refractivity contribution in [2.24, 2.45) is 0 Å². The van der Waals surface area contributed by atoms with E-state index in [9.17, 15) is 10.1 Å². The predicted octanol–water partition coefficient (Wildman–Crippen LogP) is 6.50. The maximum atomic E-state index is 11.5. The third kappa shape index (κ3) is 2.42. The summed E-state index contributed by atoms with van der Waals surface area (Å²) in [6, 6.07) is 21.8. The van der Waals surface area contributed by atoms with Gasteiger partial charge in [-0.25, -0.2) is 0 Å². The molecule has 1 aliphatic rings. The molecule has 1 aliphatic carbocycles. The number of benzene rings is 3. The molecule has 0 amide bonds. The second-order valence-corrected chi connectivity index (χ2v) is 8.33. The average Bonchev–Trinajstić information content (AvgIpc) is 2.66. The molecular formula is C24H23NO2. The molecule has 4 rings (SSSR count). The normalized spacial score (nSPS) is 16.3. The minimum Gasteiger partial charge on any atom is -0.258 e. The summed E-state index contributed by atoms with van der Waals surface area (Å²) in [5, 5.41) is 11.5. The van der Waals surface area contributed by atoms with Crippen molar-refractivity contribution in [3.8, 4) is 22.3 Å². The van der Waals surface area contributed by atoms with Gasteiger partial charge in [0, 0.05) is 6.07 Å². The molecule has 0 atom stereocenters. The number of rotatable bonds is 2. The molecule has 0 aliphatic heterocycles. The molecular weight excluding hydrogens is 334 g/mol. The van der Waals surface area contributed by atoms with Gasteiger partial charge in [0.1, 0.15) is 0 Å². The van der Waals surface area contributed by atoms with Crippen molar-refractivity contribution in [3.63, 3.8) is 0 Å². The van der Waals surface area contributed by atoms with Crippen LogP contribution in [0.5, 0.6) is 0 Å². The molecule has 0 aromatic heterocycles. The smallest absolute Gasteiger partial charge is 0.258 e. The lowest BCUT2D eigenvalue weighted by molar-refractivity contribution is -0.384. The lowest BCUT2D eigenvalue weighted by Crippen LogP contribution is -2.43. The summed E-state index contributed by atoms with van der Waals surface area (Å²) >= 11 is 0. The summed E-state index contributed by atoms with van der Waals surface area (Å²) < 4.78 is 0. The first-order valence-electron chi connectivity index (χ1n) is 9.23. The van der Waals surface area contributed by atoms with Crippen LogP contribution in [0.4, 0.5) is 5.69 Å². The fourth-order valence-electron chi connectivity index (χ4n) is 4.29. The molecule has 136 valence electrons. The number of nitro benzene ring substituents is 1. The van der Waals surface area contributed by atoms with Crippen molar-refractivity contribution < 1.29 is 4.92 Å². The number of nitrogens with zero attached hydrogens (tertiary/aromatic N) is 1. The summed E-state index contributed by atoms with van der Waals surface area (Å²) in [5.41, 5.74) is 6.60. The van der Waals surface area contributed by atoms with Crippen LogP contribution in [0.2, 0.25) is 0 Å². The molecule has 3 aromatic rings. The highest BCUT2D eigenvalue weighted by Gasteiger charge is 2.45. The van der Waals surface area contributed by atoms with Gasteiger partial charge in [-0.05, 0) is 50.8 Å². The second kappa shape index (κ2) is 5.78. The van der Waals surface area contributed by atoms with E-state index in [0.29, 0.717) is 5.56 Å². The molecule has 0 spiro atoms. The van der Waals surface area contributed by atoms with Gasteiger partial charge in [-0.2, -0.15) is 0 Å². The highest BCUT2D eigenvalue weighted by Crippen LogP contribution is 2.54. The van der Waals surface area contributed by atoms with Crippen molar-refractivity contribution in [1.29, 1.82) is 0 Å². The largest absolute Gasteiger partial charge is 0.277 e. The monoisotopic (exact) mass is 357 g/mol. The first-order chi connectivity index (χ1) is 12.7. The van der Waals surface area contributed by atoms with Gasteiger partial charge in [-0.3, -0.25) is 10.1 Å². The summed E-state index contributed by atoms with van der Waals surface area (Å²) in [4.78, 5) is 11.2. The molecule has 0 heterocycles. The van der Waals surface area contributed by atoms with Gasteiger partial charge in [0.05, 0.1) is 10.5 Å². The topological polar surface area (TPSA) is 43.1 Å². The molecule has 0 radical (unpaired) electrons. The minimum absolute atomic E-state index is 0.0170. The minimum atomic E-state index is -0.310. The van der Waals surface area contributed by atoms with Crippen molar-refractivity contribution in [2.45, 2.75) is 38.5 Å². The number of fused-ring (bicyclic) bond motifs is 3. The fraction of sp³-hybridized carbons (Fsp3) is 0.250. The summed E-state index contributed by atoms with van der Waals surface area (Å²) in [5.74, 6) is 0. The Labute approximate surface area is 159 Å². The van der Waals surface area contributed by atoms with Crippen LogP contribution >= 0.6 is 0 Å². The Morgan fingerprint density at radius 3 is 1.93 bits per heavy atom. The first kappa shape index (κ1) is 17.5. The SMILES string of the molecule is CC1(C)c2ccccc2-c2cc(-c3ccccc3[N+](=O)[O-])ccc2C1(C)C. The summed E-state index contributed by atoms with van der Waals surface area (Å²) in [6.45, 7) is 9.16. The Morgan fingerprint density at radius 1 is 0.704 bits per heavy atom. The summed E-state index contributed by atoms with van der Waals surface area (Å²) in [7, 11) is 0. The number of hydrogen-bond donors (Lipinski definition) is 0. The van der Waals surface area contributed by atoms with Gasteiger partial charge >= 0.3 is 0 Å². The molecule has 0 saturated carbocycles. The Balaban J connectivity index is 2.00. The molecule has 3 aromatic carbocycles. The zero-order chi connectivity index (χ0) is 19.4. The van der Waals surface area contributed by atoms with E-state index in [1.165, 1.54) is 22.3 Å². The van der Waals surface area contributed by atoms with E-state index in [1.54, 1.807) is 12.1 Å². The third-order valence-electron chi connectivity index (χ3n) is 6.56. The Hall–Kier alpha value is -2.94. The van der Waals surface area contributed by atoms with Gasteiger partial charge in [0.2, 0.25) is 0 Å². The molecule has 0 saturated heterocycles. The van der Waals surface area contributed by atoms with E-state index in [4.69, 9.17) is 0 Å². The van der Waals surface area contributed by atoms with Crippen molar-refractivity contribution in [3.05, 3.63) is 88.0 Å². The van der Waals surface area contributed by atoms with Crippen LogP contribution in [-0.2, 0) is 10.8 Å². The molecule has 3 nitrogen and oxygen atoms in total. The van der Waals surface area contributed by atoms with E-state index >= 15 is 0 Å². The van der Waals surface area contributed by atoms with E-state index in [1.807, 2.05) is 18.2 Å². The highest BCUT2D eigenvalue weighted by atomic mass is 16.6. The maximum Gasteiger partial charge on any atom is 0.277 e. The maximum absolute atomic E-state index is 11.5. The van der Waals surface area contributed by atoms with Crippen molar-refractivity contribution >= 4 is 5.69 Å². The van der Waals surface area contributed by atoms with Crippen LogP contribution < -0.4 is 0 Å². The zero-order valence-corrected chi connectivity index (χ0v) is 16.1. The standard InChI is InChI=1S/C24H23NO2/c1-23(2)20-11-7-5-10-18(20)19-15-16(13-14-21(19)24(23,3)4)17-9-6-8-12-22(17)25(26)27/h5-15H,1-4H3. The highest BCUT2D eigenvalue weighted by molar-refractivity contribution is 5.83. The van der Waals surface area contributed by atoms with Gasteiger partial charge in [-0.15, -0.1) is 0 Å². The van der Waals surface area contributed by atoms with E-state index in [-0.39, 0.29) is 21.4 Å². The Morgan fingerprint density at radius 2 is 1.26 bits per heavy atom. The van der Waals surface area contributed by atoms with Crippen LogP contribution in [0, 0.1) is 10.1 Å². The van der Waals surface area contributed by atoms with Crippen LogP contribution in [0.1, 0.15) is 38.8 Å². The van der Waals surface area contributed by atoms with Crippen molar-refractivity contribution in [2.75, 3.05) is 0 Å². The number of para-hydroxylation sites is 1. The first-order valence-corrected chi connectivity index (χ1v) is 9.23. The van der Waals surface area contributed by atoms with E-state index < -0.39 is 0 Å². The van der Waals surface area contributed by atoms with Gasteiger partial charge < -0.3 is 0 Å². The number of hydrogen-bond acceptors (Lipinski definition) is 2. The fourth-order valence-corrected chi connectivity index (χ4v) is 4.29. The molecule has 0 N–H and O–H groups in total. The second-order valence-electron chi connectivity index (χ2n) is 8.33. The third-order valence-corrected chi connectivity index (χ3v) is 6.56. The van der Waals surface area contributed by atoms with Crippen molar-refractivity contribution in [1.82, 2.24) is 0 Å². The van der Waals surface area contributed by atoms with E-state index in [2.05, 4.69) is 64.1 Å². The van der Waals surface area contributed by atoms with Crippen LogP contribution in [-0.4, -0.2) is 4.92 Å². The zero-order valence-electron chi connectivity index (χ0n) is 16.1. The quantitative estimate of drug-likeness (QED) is 0.388. The van der Waals surface area contributed by atoms with Gasteiger partial charge in [0.15, 0.2) is 0 Å². The molecule has 0 unspecified atom stereocenters. The summed E-state index contributed by atoms with van der Waals surface area (Å²) in [6.07, 6.45) is 0. The predicted molar refractivity (Wildman–Crippen MR) is 110 cm³/mol. The Bertz CT molecular complexity index is 1060. The van der Waals surface area contributed by atoms with Crippen LogP contribution in [0.15, 0.2) is 66.7 Å². The molecule has 0 fully saturated rings. The van der Waals surface area contributed by atoms with E-state index in [0.717, 1.165) is 5.56 Å². The van der Waals surface area contributed by atoms with Crippen LogP contribution in [0.25, 0.3) is 22.3 Å². The average molecular weight is 357 g/mol.